The number of nitrogens with zero attached hydrogens (tertiary/aromatic N) is 1. The van der Waals surface area contributed by atoms with Crippen molar-refractivity contribution in [2.75, 3.05) is 0 Å². The van der Waals surface area contributed by atoms with Gasteiger partial charge in [0.15, 0.2) is 0 Å². The lowest BCUT2D eigenvalue weighted by Gasteiger charge is -2.17. The second-order valence-electron chi connectivity index (χ2n) is 5.96. The fourth-order valence-electron chi connectivity index (χ4n) is 3.01. The lowest BCUT2D eigenvalue weighted by atomic mass is 10.1. The Bertz CT molecular complexity index is 1010. The van der Waals surface area contributed by atoms with Crippen LogP contribution in [0.5, 0.6) is 0 Å². The molecule has 1 aliphatic carbocycles. The van der Waals surface area contributed by atoms with Gasteiger partial charge in [-0.05, 0) is 54.3 Å². The summed E-state index contributed by atoms with van der Waals surface area (Å²) in [5, 5.41) is 8.93. The van der Waals surface area contributed by atoms with E-state index < -0.39 is 32.7 Å². The van der Waals surface area contributed by atoms with Crippen LogP contribution in [0.25, 0.3) is 0 Å². The van der Waals surface area contributed by atoms with Gasteiger partial charge in [0.05, 0.1) is 22.1 Å². The van der Waals surface area contributed by atoms with E-state index in [1.54, 1.807) is 18.2 Å². The number of rotatable bonds is 3. The Kier molecular flexibility index (Phi) is 4.86. The summed E-state index contributed by atoms with van der Waals surface area (Å²) in [6.45, 7) is 0. The minimum atomic E-state index is -4.80. The molecule has 0 radical (unpaired) electrons. The van der Waals surface area contributed by atoms with Crippen LogP contribution in [-0.2, 0) is 29.0 Å². The van der Waals surface area contributed by atoms with Gasteiger partial charge in [-0.1, -0.05) is 22.0 Å². The van der Waals surface area contributed by atoms with Gasteiger partial charge in [-0.2, -0.15) is 18.4 Å². The zero-order valence-corrected chi connectivity index (χ0v) is 15.5. The van der Waals surface area contributed by atoms with Gasteiger partial charge in [0.1, 0.15) is 0 Å². The number of nitrogens with one attached hydrogen (secondary N) is 1. The third-order valence-electron chi connectivity index (χ3n) is 4.13. The van der Waals surface area contributed by atoms with E-state index in [9.17, 15) is 21.6 Å². The highest BCUT2D eigenvalue weighted by molar-refractivity contribution is 9.10. The van der Waals surface area contributed by atoms with Crippen LogP contribution >= 0.6 is 15.9 Å². The minimum absolute atomic E-state index is 0.140. The fourth-order valence-corrected chi connectivity index (χ4v) is 4.82. The van der Waals surface area contributed by atoms with E-state index in [1.807, 2.05) is 6.07 Å². The molecule has 0 saturated heterocycles. The van der Waals surface area contributed by atoms with E-state index >= 15 is 0 Å². The van der Waals surface area contributed by atoms with Crippen molar-refractivity contribution in [2.24, 2.45) is 0 Å². The molecule has 0 spiro atoms. The molecule has 0 amide bonds. The third-order valence-corrected chi connectivity index (χ3v) is 6.20. The first-order valence-electron chi connectivity index (χ1n) is 7.51. The molecule has 1 N–H and O–H groups in total. The number of alkyl halides is 3. The molecule has 0 bridgehead atoms. The average molecular weight is 445 g/mol. The molecule has 3 rings (SSSR count). The molecule has 26 heavy (non-hydrogen) atoms. The molecule has 0 fully saturated rings. The normalized spacial score (nSPS) is 17.0. The molecule has 1 unspecified atom stereocenters. The summed E-state index contributed by atoms with van der Waals surface area (Å²) < 4.78 is 67.3. The number of nitriles is 1. The predicted molar refractivity (Wildman–Crippen MR) is 91.8 cm³/mol. The van der Waals surface area contributed by atoms with Crippen molar-refractivity contribution in [3.8, 4) is 6.07 Å². The van der Waals surface area contributed by atoms with E-state index in [1.165, 1.54) is 6.07 Å². The maximum Gasteiger partial charge on any atom is 0.417 e. The van der Waals surface area contributed by atoms with Gasteiger partial charge in [0.25, 0.3) is 0 Å². The molecule has 1 aliphatic rings. The first-order valence-corrected chi connectivity index (χ1v) is 9.79. The monoisotopic (exact) mass is 444 g/mol. The van der Waals surface area contributed by atoms with E-state index in [-0.39, 0.29) is 4.47 Å². The molecule has 0 heterocycles. The maximum atomic E-state index is 13.2. The summed E-state index contributed by atoms with van der Waals surface area (Å²) in [4.78, 5) is -0.804. The summed E-state index contributed by atoms with van der Waals surface area (Å²) in [5.74, 6) is 0. The SMILES string of the molecule is N#Cc1ccc2c(c1)CC(NS(=O)(=O)c1ccc(Br)cc1C(F)(F)F)C2. The van der Waals surface area contributed by atoms with Crippen LogP contribution in [0, 0.1) is 11.3 Å². The first kappa shape index (κ1) is 18.9. The van der Waals surface area contributed by atoms with Crippen LogP contribution in [-0.4, -0.2) is 14.5 Å². The Morgan fingerprint density at radius 3 is 2.46 bits per heavy atom. The van der Waals surface area contributed by atoms with Crippen LogP contribution in [0.1, 0.15) is 22.3 Å². The van der Waals surface area contributed by atoms with Crippen molar-refractivity contribution in [3.05, 3.63) is 63.1 Å². The Labute approximate surface area is 156 Å². The van der Waals surface area contributed by atoms with Gasteiger partial charge >= 0.3 is 6.18 Å². The predicted octanol–water partition coefficient (Wildman–Crippen LogP) is 3.79. The second kappa shape index (κ2) is 6.68. The molecule has 0 aliphatic heterocycles. The van der Waals surface area contributed by atoms with Gasteiger partial charge in [-0.15, -0.1) is 0 Å². The first-order chi connectivity index (χ1) is 12.1. The topological polar surface area (TPSA) is 70.0 Å². The quantitative estimate of drug-likeness (QED) is 0.782. The van der Waals surface area contributed by atoms with Crippen LogP contribution < -0.4 is 4.72 Å². The van der Waals surface area contributed by atoms with Gasteiger partial charge in [-0.25, -0.2) is 13.1 Å². The molecule has 9 heteroatoms. The lowest BCUT2D eigenvalue weighted by Crippen LogP contribution is -2.36. The van der Waals surface area contributed by atoms with E-state index in [2.05, 4.69) is 20.7 Å². The Morgan fingerprint density at radius 2 is 1.81 bits per heavy atom. The molecule has 0 saturated carbocycles. The molecule has 2 aromatic carbocycles. The Hall–Kier alpha value is -1.89. The zero-order valence-electron chi connectivity index (χ0n) is 13.1. The maximum absolute atomic E-state index is 13.2. The average Bonchev–Trinajstić information content (AvgIpc) is 2.93. The van der Waals surface area contributed by atoms with Gasteiger partial charge in [0, 0.05) is 10.5 Å². The number of fused-ring (bicyclic) bond motifs is 1. The zero-order chi connectivity index (χ0) is 19.1. The van der Waals surface area contributed by atoms with Crippen LogP contribution in [0.2, 0.25) is 0 Å². The second-order valence-corrected chi connectivity index (χ2v) is 8.56. The summed E-state index contributed by atoms with van der Waals surface area (Å²) >= 11 is 2.94. The molecule has 2 aromatic rings. The smallest absolute Gasteiger partial charge is 0.207 e. The molecular formula is C17H12BrF3N2O2S. The number of hydrogen-bond donors (Lipinski definition) is 1. The van der Waals surface area contributed by atoms with E-state index in [4.69, 9.17) is 5.26 Å². The summed E-state index contributed by atoms with van der Waals surface area (Å²) in [6.07, 6.45) is -4.12. The fraction of sp³-hybridized carbons (Fsp3) is 0.235. The van der Waals surface area contributed by atoms with Crippen molar-refractivity contribution in [1.29, 1.82) is 5.26 Å². The van der Waals surface area contributed by atoms with Crippen molar-refractivity contribution in [3.63, 3.8) is 0 Å². The van der Waals surface area contributed by atoms with Gasteiger partial charge in [-0.3, -0.25) is 0 Å². The molecule has 4 nitrogen and oxygen atoms in total. The van der Waals surface area contributed by atoms with E-state index in [0.717, 1.165) is 23.3 Å². The highest BCUT2D eigenvalue weighted by atomic mass is 79.9. The molecule has 136 valence electrons. The highest BCUT2D eigenvalue weighted by Gasteiger charge is 2.38. The summed E-state index contributed by atoms with van der Waals surface area (Å²) in [7, 11) is -4.36. The molecule has 0 aromatic heterocycles. The van der Waals surface area contributed by atoms with Crippen molar-refractivity contribution >= 4 is 26.0 Å². The van der Waals surface area contributed by atoms with Crippen molar-refractivity contribution < 1.29 is 21.6 Å². The number of sulfonamides is 1. The van der Waals surface area contributed by atoms with Crippen molar-refractivity contribution in [1.82, 2.24) is 4.72 Å². The summed E-state index contributed by atoms with van der Waals surface area (Å²) in [5.41, 5.74) is 0.938. The highest BCUT2D eigenvalue weighted by Crippen LogP contribution is 2.36. The van der Waals surface area contributed by atoms with Crippen LogP contribution in [0.15, 0.2) is 45.8 Å². The minimum Gasteiger partial charge on any atom is -0.207 e. The largest absolute Gasteiger partial charge is 0.417 e. The standard InChI is InChI=1S/C17H12BrF3N2O2S/c18-13-3-4-16(15(8-13)17(19,20)21)26(24,25)23-14-6-11-2-1-10(9-22)5-12(11)7-14/h1-5,8,14,23H,6-7H2. The van der Waals surface area contributed by atoms with Crippen molar-refractivity contribution in [2.45, 2.75) is 30.0 Å². The number of halogens is 4. The Morgan fingerprint density at radius 1 is 1.12 bits per heavy atom. The van der Waals surface area contributed by atoms with Gasteiger partial charge in [0.2, 0.25) is 10.0 Å². The number of hydrogen-bond acceptors (Lipinski definition) is 3. The van der Waals surface area contributed by atoms with E-state index in [0.29, 0.717) is 18.4 Å². The van der Waals surface area contributed by atoms with Crippen LogP contribution in [0.3, 0.4) is 0 Å². The summed E-state index contributed by atoms with van der Waals surface area (Å²) in [6, 6.07) is 9.43. The van der Waals surface area contributed by atoms with Gasteiger partial charge < -0.3 is 0 Å². The Balaban J connectivity index is 1.89. The molecular weight excluding hydrogens is 433 g/mol. The third kappa shape index (κ3) is 3.77. The lowest BCUT2D eigenvalue weighted by molar-refractivity contribution is -0.139. The molecule has 1 atom stereocenters. The number of benzene rings is 2. The van der Waals surface area contributed by atoms with Crippen LogP contribution in [0.4, 0.5) is 13.2 Å².